The van der Waals surface area contributed by atoms with Gasteiger partial charge in [0.1, 0.15) is 0 Å². The molecule has 0 heterocycles. The van der Waals surface area contributed by atoms with Crippen LogP contribution in [0.1, 0.15) is 6.92 Å². The van der Waals surface area contributed by atoms with Crippen molar-refractivity contribution in [1.82, 2.24) is 0 Å². The highest BCUT2D eigenvalue weighted by Crippen LogP contribution is 2.07. The molecule has 0 radical (unpaired) electrons. The van der Waals surface area contributed by atoms with Crippen LogP contribution in [0.5, 0.6) is 0 Å². The number of ether oxygens (including phenoxy) is 1. The van der Waals surface area contributed by atoms with Crippen LogP contribution in [-0.2, 0) is 23.8 Å². The Morgan fingerprint density at radius 3 is 2.33 bits per heavy atom. The molecule has 0 aliphatic rings. The van der Waals surface area contributed by atoms with E-state index in [-0.39, 0.29) is 6.61 Å². The summed E-state index contributed by atoms with van der Waals surface area (Å²) in [6, 6.07) is 0. The van der Waals surface area contributed by atoms with E-state index >= 15 is 0 Å². The molecule has 0 aromatic rings. The normalized spacial score (nSPS) is 10.8. The van der Waals surface area contributed by atoms with Crippen LogP contribution in [0, 0.1) is 0 Å². The van der Waals surface area contributed by atoms with E-state index in [4.69, 9.17) is 0 Å². The van der Waals surface area contributed by atoms with Gasteiger partial charge in [0.25, 0.3) is 0 Å². The molecule has 0 fully saturated rings. The van der Waals surface area contributed by atoms with Crippen LogP contribution in [0.25, 0.3) is 0 Å². The van der Waals surface area contributed by atoms with Crippen LogP contribution in [-0.4, -0.2) is 28.1 Å². The molecule has 0 unspecified atom stereocenters. The van der Waals surface area contributed by atoms with Crippen LogP contribution in [0.4, 0.5) is 0 Å². The number of carbonyl (C=O) groups excluding carboxylic acids is 1. The Labute approximate surface area is 71.1 Å². The lowest BCUT2D eigenvalue weighted by atomic mass is 10.6. The van der Waals surface area contributed by atoms with Gasteiger partial charge in [-0.2, -0.15) is 8.42 Å². The molecule has 70 valence electrons. The molecule has 0 aromatic carbocycles. The summed E-state index contributed by atoms with van der Waals surface area (Å²) < 4.78 is 30.2. The van der Waals surface area contributed by atoms with Crippen molar-refractivity contribution in [2.45, 2.75) is 6.92 Å². The smallest absolute Gasteiger partial charge is 0.351 e. The number of rotatable bonds is 4. The molecule has 0 spiro atoms. The SMILES string of the molecule is C=C(C(=O)OC)S(=O)(=O)OCC. The fourth-order valence-corrected chi connectivity index (χ4v) is 1.18. The zero-order valence-electron chi connectivity index (χ0n) is 6.86. The predicted molar refractivity (Wildman–Crippen MR) is 41.7 cm³/mol. The molecular weight excluding hydrogens is 184 g/mol. The summed E-state index contributed by atoms with van der Waals surface area (Å²) in [6.07, 6.45) is 0. The fourth-order valence-electron chi connectivity index (χ4n) is 0.442. The molecule has 0 bridgehead atoms. The summed E-state index contributed by atoms with van der Waals surface area (Å²) in [6.45, 7) is 4.47. The van der Waals surface area contributed by atoms with Crippen molar-refractivity contribution < 1.29 is 22.1 Å². The maximum Gasteiger partial charge on any atom is 0.351 e. The highest BCUT2D eigenvalue weighted by Gasteiger charge is 2.23. The molecule has 12 heavy (non-hydrogen) atoms. The molecule has 0 aliphatic heterocycles. The number of hydrogen-bond acceptors (Lipinski definition) is 5. The Morgan fingerprint density at radius 2 is 2.00 bits per heavy atom. The van der Waals surface area contributed by atoms with E-state index in [9.17, 15) is 13.2 Å². The number of hydrogen-bond donors (Lipinski definition) is 0. The fraction of sp³-hybridized carbons (Fsp3) is 0.500. The van der Waals surface area contributed by atoms with Gasteiger partial charge in [-0.05, 0) is 6.92 Å². The molecule has 0 aliphatic carbocycles. The highest BCUT2D eigenvalue weighted by atomic mass is 32.2. The lowest BCUT2D eigenvalue weighted by molar-refractivity contribution is -0.135. The van der Waals surface area contributed by atoms with Gasteiger partial charge in [0.05, 0.1) is 13.7 Å². The minimum Gasteiger partial charge on any atom is -0.465 e. The van der Waals surface area contributed by atoms with Gasteiger partial charge in [0.15, 0.2) is 4.91 Å². The highest BCUT2D eigenvalue weighted by molar-refractivity contribution is 7.91. The molecule has 0 amide bonds. The van der Waals surface area contributed by atoms with Gasteiger partial charge >= 0.3 is 16.1 Å². The molecule has 0 saturated heterocycles. The second-order valence-electron chi connectivity index (χ2n) is 1.78. The maximum absolute atomic E-state index is 10.9. The lowest BCUT2D eigenvalue weighted by Gasteiger charge is -2.03. The summed E-state index contributed by atoms with van der Waals surface area (Å²) in [5.41, 5.74) is 0. The van der Waals surface area contributed by atoms with Gasteiger partial charge in [-0.3, -0.25) is 4.18 Å². The Morgan fingerprint density at radius 1 is 1.50 bits per heavy atom. The van der Waals surface area contributed by atoms with Gasteiger partial charge in [0, 0.05) is 0 Å². The second-order valence-corrected chi connectivity index (χ2v) is 3.41. The minimum absolute atomic E-state index is 0.0433. The molecule has 0 N–H and O–H groups in total. The largest absolute Gasteiger partial charge is 0.465 e. The second kappa shape index (κ2) is 4.22. The predicted octanol–water partition coefficient (Wildman–Crippen LogP) is 0.0394. The molecule has 0 rings (SSSR count). The van der Waals surface area contributed by atoms with E-state index in [0.717, 1.165) is 7.11 Å². The topological polar surface area (TPSA) is 69.7 Å². The zero-order valence-corrected chi connectivity index (χ0v) is 7.68. The van der Waals surface area contributed by atoms with Crippen molar-refractivity contribution in [1.29, 1.82) is 0 Å². The van der Waals surface area contributed by atoms with E-state index in [1.165, 1.54) is 6.92 Å². The van der Waals surface area contributed by atoms with Crippen molar-refractivity contribution in [2.24, 2.45) is 0 Å². The van der Waals surface area contributed by atoms with E-state index in [0.29, 0.717) is 0 Å². The van der Waals surface area contributed by atoms with Gasteiger partial charge in [0.2, 0.25) is 0 Å². The number of esters is 1. The summed E-state index contributed by atoms with van der Waals surface area (Å²) in [5, 5.41) is 0. The first-order valence-corrected chi connectivity index (χ1v) is 4.53. The van der Waals surface area contributed by atoms with Gasteiger partial charge < -0.3 is 4.74 Å². The molecular formula is C6H10O5S. The third-order valence-corrected chi connectivity index (χ3v) is 2.30. The summed E-state index contributed by atoms with van der Waals surface area (Å²) >= 11 is 0. The Hall–Kier alpha value is -0.880. The Bertz CT molecular complexity index is 276. The molecule has 0 saturated carbocycles. The third-order valence-electron chi connectivity index (χ3n) is 0.988. The third kappa shape index (κ3) is 2.63. The average molecular weight is 194 g/mol. The van der Waals surface area contributed by atoms with Crippen molar-refractivity contribution in [3.63, 3.8) is 0 Å². The average Bonchev–Trinajstić information content (AvgIpc) is 2.01. The first-order valence-electron chi connectivity index (χ1n) is 3.12. The first kappa shape index (κ1) is 11.1. The summed E-state index contributed by atoms with van der Waals surface area (Å²) in [5.74, 6) is -1.01. The molecule has 6 heteroatoms. The van der Waals surface area contributed by atoms with Crippen molar-refractivity contribution in [3.8, 4) is 0 Å². The standard InChI is InChI=1S/C6H10O5S/c1-4-11-12(8,9)5(2)6(7)10-3/h2,4H2,1,3H3. The quantitative estimate of drug-likeness (QED) is 0.359. The molecule has 5 nitrogen and oxygen atoms in total. The van der Waals surface area contributed by atoms with Crippen LogP contribution < -0.4 is 0 Å². The van der Waals surface area contributed by atoms with E-state index in [2.05, 4.69) is 15.5 Å². The van der Waals surface area contributed by atoms with Crippen LogP contribution in [0.15, 0.2) is 11.5 Å². The monoisotopic (exact) mass is 194 g/mol. The summed E-state index contributed by atoms with van der Waals surface area (Å²) in [4.78, 5) is 9.96. The molecule has 0 aromatic heterocycles. The van der Waals surface area contributed by atoms with Gasteiger partial charge in [-0.25, -0.2) is 4.79 Å². The first-order chi connectivity index (χ1) is 5.45. The Kier molecular flexibility index (Phi) is 3.91. The van der Waals surface area contributed by atoms with E-state index in [1.807, 2.05) is 0 Å². The minimum atomic E-state index is -3.99. The van der Waals surface area contributed by atoms with E-state index < -0.39 is 21.0 Å². The van der Waals surface area contributed by atoms with Crippen molar-refractivity contribution in [3.05, 3.63) is 11.5 Å². The van der Waals surface area contributed by atoms with Gasteiger partial charge in [-0.15, -0.1) is 0 Å². The lowest BCUT2D eigenvalue weighted by Crippen LogP contribution is -2.16. The van der Waals surface area contributed by atoms with Crippen LogP contribution in [0.3, 0.4) is 0 Å². The zero-order chi connectivity index (χ0) is 9.78. The van der Waals surface area contributed by atoms with Gasteiger partial charge in [-0.1, -0.05) is 6.58 Å². The molecule has 0 atom stereocenters. The Balaban J connectivity index is 4.59. The van der Waals surface area contributed by atoms with Crippen molar-refractivity contribution in [2.75, 3.05) is 13.7 Å². The van der Waals surface area contributed by atoms with E-state index in [1.54, 1.807) is 0 Å². The summed E-state index contributed by atoms with van der Waals surface area (Å²) in [7, 11) is -2.93. The van der Waals surface area contributed by atoms with Crippen LogP contribution >= 0.6 is 0 Å². The van der Waals surface area contributed by atoms with Crippen LogP contribution in [0.2, 0.25) is 0 Å². The number of methoxy groups -OCH3 is 1. The number of carbonyl (C=O) groups is 1. The van der Waals surface area contributed by atoms with Crippen molar-refractivity contribution >= 4 is 16.1 Å². The maximum atomic E-state index is 10.9.